The van der Waals surface area contributed by atoms with Crippen LogP contribution in [0.15, 0.2) is 60.5 Å². The number of thiophene rings is 1. The molecule has 0 fully saturated rings. The highest BCUT2D eigenvalue weighted by Crippen LogP contribution is 2.15. The Morgan fingerprint density at radius 3 is 2.78 bits per heavy atom. The van der Waals surface area contributed by atoms with Gasteiger partial charge >= 0.3 is 0 Å². The van der Waals surface area contributed by atoms with Crippen LogP contribution in [0.3, 0.4) is 0 Å². The Bertz CT molecular complexity index is 803. The molecule has 3 aromatic rings. The van der Waals surface area contributed by atoms with Crippen LogP contribution in [-0.2, 0) is 13.2 Å². The normalized spacial score (nSPS) is 11.0. The molecule has 118 valence electrons. The van der Waals surface area contributed by atoms with Crippen molar-refractivity contribution in [3.63, 3.8) is 0 Å². The van der Waals surface area contributed by atoms with Crippen LogP contribution in [0.5, 0.6) is 0 Å². The number of hydrogen-bond donors (Lipinski definition) is 1. The van der Waals surface area contributed by atoms with Crippen LogP contribution in [0, 0.1) is 4.77 Å². The largest absolute Gasteiger partial charge is 0.278 e. The van der Waals surface area contributed by atoms with Crippen LogP contribution in [0.25, 0.3) is 11.4 Å². The van der Waals surface area contributed by atoms with Gasteiger partial charge in [-0.15, -0.1) is 17.9 Å². The molecule has 2 aromatic heterocycles. The van der Waals surface area contributed by atoms with Gasteiger partial charge in [0.05, 0.1) is 6.67 Å². The van der Waals surface area contributed by atoms with Crippen molar-refractivity contribution in [2.75, 3.05) is 6.54 Å². The molecular weight excluding hydrogens is 324 g/mol. The van der Waals surface area contributed by atoms with Gasteiger partial charge in [0.15, 0.2) is 5.82 Å². The number of hydrogen-bond acceptors (Lipinski definition) is 4. The Balaban J connectivity index is 1.79. The van der Waals surface area contributed by atoms with Gasteiger partial charge in [0.1, 0.15) is 0 Å². The van der Waals surface area contributed by atoms with Gasteiger partial charge in [-0.05, 0) is 23.7 Å². The SMILES string of the molecule is C=CCN(Cc1cccs1)Cn1[nH]c(-c2ccccc2)nc1=S. The number of aromatic amines is 1. The first-order chi connectivity index (χ1) is 11.3. The van der Waals surface area contributed by atoms with Crippen LogP contribution >= 0.6 is 23.6 Å². The van der Waals surface area contributed by atoms with Gasteiger partial charge in [0.25, 0.3) is 0 Å². The highest BCUT2D eigenvalue weighted by Gasteiger charge is 2.10. The molecule has 0 spiro atoms. The summed E-state index contributed by atoms with van der Waals surface area (Å²) in [7, 11) is 0. The topological polar surface area (TPSA) is 36.9 Å². The molecule has 2 heterocycles. The van der Waals surface area contributed by atoms with Crippen LogP contribution < -0.4 is 0 Å². The molecule has 1 N–H and O–H groups in total. The summed E-state index contributed by atoms with van der Waals surface area (Å²) in [4.78, 5) is 8.05. The lowest BCUT2D eigenvalue weighted by atomic mass is 10.2. The molecule has 0 aliphatic heterocycles. The first-order valence-corrected chi connectivity index (χ1v) is 8.63. The van der Waals surface area contributed by atoms with Crippen molar-refractivity contribution in [2.45, 2.75) is 13.2 Å². The third-order valence-corrected chi connectivity index (χ3v) is 4.59. The van der Waals surface area contributed by atoms with E-state index in [2.05, 4.69) is 39.1 Å². The molecule has 0 aliphatic rings. The van der Waals surface area contributed by atoms with Gasteiger partial charge in [-0.1, -0.05) is 42.5 Å². The second-order valence-electron chi connectivity index (χ2n) is 5.17. The Kier molecular flexibility index (Phi) is 5.17. The van der Waals surface area contributed by atoms with E-state index in [1.165, 1.54) is 4.88 Å². The van der Waals surface area contributed by atoms with Crippen molar-refractivity contribution in [1.82, 2.24) is 19.7 Å². The third kappa shape index (κ3) is 4.04. The molecule has 1 aromatic carbocycles. The standard InChI is InChI=1S/C17H18N4S2/c1-2-10-20(12-15-9-6-11-23-15)13-21-17(22)18-16(19-21)14-7-4-3-5-8-14/h2-9,11H,1,10,12-13H2,(H,18,19,22). The number of rotatable bonds is 7. The first-order valence-electron chi connectivity index (χ1n) is 7.34. The molecule has 0 amide bonds. The summed E-state index contributed by atoms with van der Waals surface area (Å²) in [5.41, 5.74) is 1.03. The summed E-state index contributed by atoms with van der Waals surface area (Å²) in [6, 6.07) is 14.2. The summed E-state index contributed by atoms with van der Waals surface area (Å²) in [5, 5.41) is 5.39. The minimum atomic E-state index is 0.559. The summed E-state index contributed by atoms with van der Waals surface area (Å²) in [6.07, 6.45) is 1.91. The molecule has 0 saturated carbocycles. The number of nitrogens with one attached hydrogen (secondary N) is 1. The zero-order valence-electron chi connectivity index (χ0n) is 12.7. The second kappa shape index (κ2) is 7.50. The number of nitrogens with zero attached hydrogens (tertiary/aromatic N) is 3. The van der Waals surface area contributed by atoms with Gasteiger partial charge in [0.2, 0.25) is 4.77 Å². The van der Waals surface area contributed by atoms with E-state index in [1.807, 2.05) is 41.1 Å². The fourth-order valence-electron chi connectivity index (χ4n) is 2.36. The Hall–Kier alpha value is -2.02. The van der Waals surface area contributed by atoms with Gasteiger partial charge in [-0.2, -0.15) is 4.98 Å². The molecule has 0 saturated heterocycles. The van der Waals surface area contributed by atoms with E-state index in [0.29, 0.717) is 11.4 Å². The number of benzene rings is 1. The zero-order chi connectivity index (χ0) is 16.1. The maximum absolute atomic E-state index is 5.39. The minimum Gasteiger partial charge on any atom is -0.278 e. The summed E-state index contributed by atoms with van der Waals surface area (Å²) in [5.74, 6) is 0.797. The van der Waals surface area contributed by atoms with E-state index in [9.17, 15) is 0 Å². The summed E-state index contributed by atoms with van der Waals surface area (Å²) < 4.78 is 2.46. The van der Waals surface area contributed by atoms with Crippen LogP contribution in [0.2, 0.25) is 0 Å². The van der Waals surface area contributed by atoms with Gasteiger partial charge in [-0.3, -0.25) is 10.00 Å². The smallest absolute Gasteiger partial charge is 0.217 e. The van der Waals surface area contributed by atoms with Crippen molar-refractivity contribution in [2.24, 2.45) is 0 Å². The first kappa shape index (κ1) is 15.9. The average molecular weight is 342 g/mol. The highest BCUT2D eigenvalue weighted by atomic mass is 32.1. The Morgan fingerprint density at radius 2 is 2.09 bits per heavy atom. The molecule has 0 aliphatic carbocycles. The minimum absolute atomic E-state index is 0.559. The van der Waals surface area contributed by atoms with Crippen molar-refractivity contribution >= 4 is 23.6 Å². The molecule has 0 unspecified atom stereocenters. The fourth-order valence-corrected chi connectivity index (χ4v) is 3.30. The number of H-pyrrole nitrogens is 1. The number of aromatic nitrogens is 3. The van der Waals surface area contributed by atoms with Gasteiger partial charge in [-0.25, -0.2) is 4.68 Å². The summed E-state index contributed by atoms with van der Waals surface area (Å²) in [6.45, 7) is 6.16. The molecule has 3 rings (SSSR count). The van der Waals surface area contributed by atoms with E-state index in [-0.39, 0.29) is 0 Å². The van der Waals surface area contributed by atoms with Crippen LogP contribution in [0.4, 0.5) is 0 Å². The lowest BCUT2D eigenvalue weighted by Crippen LogP contribution is -2.26. The van der Waals surface area contributed by atoms with E-state index >= 15 is 0 Å². The predicted molar refractivity (Wildman–Crippen MR) is 97.8 cm³/mol. The Morgan fingerprint density at radius 1 is 1.26 bits per heavy atom. The lowest BCUT2D eigenvalue weighted by Gasteiger charge is -2.19. The fraction of sp³-hybridized carbons (Fsp3) is 0.176. The lowest BCUT2D eigenvalue weighted by molar-refractivity contribution is 0.221. The van der Waals surface area contributed by atoms with Crippen molar-refractivity contribution in [3.05, 3.63) is 70.1 Å². The molecule has 6 heteroatoms. The molecular formula is C17H18N4S2. The summed E-state index contributed by atoms with van der Waals surface area (Å²) >= 11 is 7.15. The molecule has 0 bridgehead atoms. The predicted octanol–water partition coefficient (Wildman–Crippen LogP) is 4.31. The van der Waals surface area contributed by atoms with E-state index in [0.717, 1.165) is 24.5 Å². The Labute approximate surface area is 144 Å². The molecule has 4 nitrogen and oxygen atoms in total. The van der Waals surface area contributed by atoms with Crippen LogP contribution in [-0.4, -0.2) is 26.2 Å². The van der Waals surface area contributed by atoms with Crippen molar-refractivity contribution in [1.29, 1.82) is 0 Å². The quantitative estimate of drug-likeness (QED) is 0.513. The van der Waals surface area contributed by atoms with Gasteiger partial charge < -0.3 is 0 Å². The van der Waals surface area contributed by atoms with Gasteiger partial charge in [0, 0.05) is 23.5 Å². The van der Waals surface area contributed by atoms with Crippen molar-refractivity contribution < 1.29 is 0 Å². The molecule has 23 heavy (non-hydrogen) atoms. The zero-order valence-corrected chi connectivity index (χ0v) is 14.3. The van der Waals surface area contributed by atoms with Crippen LogP contribution in [0.1, 0.15) is 4.88 Å². The second-order valence-corrected chi connectivity index (χ2v) is 6.57. The maximum Gasteiger partial charge on any atom is 0.217 e. The van der Waals surface area contributed by atoms with E-state index in [4.69, 9.17) is 12.2 Å². The van der Waals surface area contributed by atoms with Crippen molar-refractivity contribution in [3.8, 4) is 11.4 Å². The average Bonchev–Trinajstić information content (AvgIpc) is 3.19. The monoisotopic (exact) mass is 342 g/mol. The molecule has 0 atom stereocenters. The van der Waals surface area contributed by atoms with E-state index < -0.39 is 0 Å². The highest BCUT2D eigenvalue weighted by molar-refractivity contribution is 7.71. The van der Waals surface area contributed by atoms with E-state index in [1.54, 1.807) is 11.3 Å². The molecule has 0 radical (unpaired) electrons. The maximum atomic E-state index is 5.39. The third-order valence-electron chi connectivity index (χ3n) is 3.41.